The quantitative estimate of drug-likeness (QED) is 0.876. The molecule has 1 aromatic carbocycles. The third-order valence-electron chi connectivity index (χ3n) is 2.41. The molecule has 6 nitrogen and oxygen atoms in total. The Morgan fingerprint density at radius 1 is 1.25 bits per heavy atom. The Morgan fingerprint density at radius 3 is 2.60 bits per heavy atom. The van der Waals surface area contributed by atoms with Crippen molar-refractivity contribution in [2.75, 3.05) is 11.8 Å². The van der Waals surface area contributed by atoms with Crippen LogP contribution in [0.5, 0.6) is 5.75 Å². The molecule has 2 rings (SSSR count). The summed E-state index contributed by atoms with van der Waals surface area (Å²) in [4.78, 5) is 7.80. The maximum absolute atomic E-state index is 12.3. The average molecular weight is 314 g/mol. The van der Waals surface area contributed by atoms with Gasteiger partial charge in [-0.25, -0.2) is 23.1 Å². The number of aromatic nitrogens is 2. The number of ether oxygens (including phenoxy) is 1. The summed E-state index contributed by atoms with van der Waals surface area (Å²) in [5.41, 5.74) is 0.558. The van der Waals surface area contributed by atoms with Crippen LogP contribution in [0.15, 0.2) is 35.2 Å². The molecule has 0 unspecified atom stereocenters. The number of para-hydroxylation sites is 1. The van der Waals surface area contributed by atoms with Gasteiger partial charge < -0.3 is 4.74 Å². The number of hydrogen-bond donors (Lipinski definition) is 1. The van der Waals surface area contributed by atoms with Gasteiger partial charge in [0.05, 0.1) is 7.11 Å². The Labute approximate surface area is 121 Å². The van der Waals surface area contributed by atoms with Gasteiger partial charge in [-0.15, -0.1) is 0 Å². The molecule has 0 saturated carbocycles. The zero-order valence-corrected chi connectivity index (χ0v) is 12.4. The standard InChI is InChI=1S/C12H12ClN3O3S/c1-8-7-11(13)15-12(14-8)16-20(17,18)10-6-4-3-5-9(10)19-2/h3-7H,1-2H3,(H,14,15,16). The predicted octanol–water partition coefficient (Wildman–Crippen LogP) is 2.25. The summed E-state index contributed by atoms with van der Waals surface area (Å²) in [7, 11) is -2.45. The highest BCUT2D eigenvalue weighted by molar-refractivity contribution is 7.92. The van der Waals surface area contributed by atoms with Crippen molar-refractivity contribution in [1.29, 1.82) is 0 Å². The Kier molecular flexibility index (Phi) is 4.10. The lowest BCUT2D eigenvalue weighted by atomic mass is 10.3. The molecule has 0 bridgehead atoms. The summed E-state index contributed by atoms with van der Waals surface area (Å²) in [5, 5.41) is 0.162. The third kappa shape index (κ3) is 3.17. The first-order valence-corrected chi connectivity index (χ1v) is 7.45. The molecule has 0 aliphatic heterocycles. The fourth-order valence-electron chi connectivity index (χ4n) is 1.59. The Bertz CT molecular complexity index is 714. The van der Waals surface area contributed by atoms with Crippen LogP contribution in [0.1, 0.15) is 5.69 Å². The van der Waals surface area contributed by atoms with Gasteiger partial charge in [-0.1, -0.05) is 23.7 Å². The fraction of sp³-hybridized carbons (Fsp3) is 0.167. The van der Waals surface area contributed by atoms with E-state index in [1.54, 1.807) is 25.1 Å². The monoisotopic (exact) mass is 313 g/mol. The minimum Gasteiger partial charge on any atom is -0.495 e. The van der Waals surface area contributed by atoms with Gasteiger partial charge in [0.25, 0.3) is 10.0 Å². The molecule has 106 valence electrons. The van der Waals surface area contributed by atoms with Gasteiger partial charge in [0.2, 0.25) is 5.95 Å². The number of sulfonamides is 1. The van der Waals surface area contributed by atoms with Crippen LogP contribution in [0.4, 0.5) is 5.95 Å². The van der Waals surface area contributed by atoms with Crippen LogP contribution < -0.4 is 9.46 Å². The molecular formula is C12H12ClN3O3S. The number of nitrogens with one attached hydrogen (secondary N) is 1. The van der Waals surface area contributed by atoms with Crippen LogP contribution in [-0.2, 0) is 10.0 Å². The average Bonchev–Trinajstić information content (AvgIpc) is 2.36. The smallest absolute Gasteiger partial charge is 0.267 e. The van der Waals surface area contributed by atoms with E-state index in [9.17, 15) is 8.42 Å². The van der Waals surface area contributed by atoms with E-state index >= 15 is 0 Å². The molecule has 0 atom stereocenters. The molecular weight excluding hydrogens is 302 g/mol. The van der Waals surface area contributed by atoms with Crippen LogP contribution in [0.25, 0.3) is 0 Å². The molecule has 1 aromatic heterocycles. The first-order chi connectivity index (χ1) is 9.42. The van der Waals surface area contributed by atoms with Crippen LogP contribution in [0, 0.1) is 6.92 Å². The van der Waals surface area contributed by atoms with Gasteiger partial charge in [-0.2, -0.15) is 0 Å². The van der Waals surface area contributed by atoms with Gasteiger partial charge >= 0.3 is 0 Å². The molecule has 0 radical (unpaired) electrons. The van der Waals surface area contributed by atoms with E-state index in [1.807, 2.05) is 0 Å². The van der Waals surface area contributed by atoms with Gasteiger partial charge in [0.1, 0.15) is 15.8 Å². The highest BCUT2D eigenvalue weighted by atomic mass is 35.5. The van der Waals surface area contributed by atoms with E-state index in [1.165, 1.54) is 19.2 Å². The molecule has 1 N–H and O–H groups in total. The number of methoxy groups -OCH3 is 1. The molecule has 1 heterocycles. The summed E-state index contributed by atoms with van der Waals surface area (Å²) in [6.45, 7) is 1.69. The lowest BCUT2D eigenvalue weighted by Gasteiger charge is -2.10. The number of benzene rings is 1. The number of halogens is 1. The van der Waals surface area contributed by atoms with E-state index in [0.29, 0.717) is 5.69 Å². The number of hydrogen-bond acceptors (Lipinski definition) is 5. The lowest BCUT2D eigenvalue weighted by Crippen LogP contribution is -2.16. The molecule has 0 fully saturated rings. The summed E-state index contributed by atoms with van der Waals surface area (Å²) in [6.07, 6.45) is 0. The minimum absolute atomic E-state index is 0.00345. The fourth-order valence-corrected chi connectivity index (χ4v) is 2.95. The zero-order valence-electron chi connectivity index (χ0n) is 10.8. The number of aryl methyl sites for hydroxylation is 1. The molecule has 0 aliphatic carbocycles. The first-order valence-electron chi connectivity index (χ1n) is 5.59. The Hall–Kier alpha value is -1.86. The molecule has 2 aromatic rings. The summed E-state index contributed by atoms with van der Waals surface area (Å²) in [5.74, 6) is 0.152. The van der Waals surface area contributed by atoms with Crippen molar-refractivity contribution in [3.05, 3.63) is 41.2 Å². The van der Waals surface area contributed by atoms with Gasteiger partial charge in [-0.05, 0) is 25.1 Å². The third-order valence-corrected chi connectivity index (χ3v) is 3.97. The predicted molar refractivity (Wildman–Crippen MR) is 75.6 cm³/mol. The highest BCUT2D eigenvalue weighted by Crippen LogP contribution is 2.24. The second-order valence-electron chi connectivity index (χ2n) is 3.91. The normalized spacial score (nSPS) is 11.2. The van der Waals surface area contributed by atoms with Crippen LogP contribution >= 0.6 is 11.6 Å². The van der Waals surface area contributed by atoms with Crippen LogP contribution in [-0.4, -0.2) is 25.5 Å². The topological polar surface area (TPSA) is 81.2 Å². The van der Waals surface area contributed by atoms with Crippen molar-refractivity contribution in [2.24, 2.45) is 0 Å². The largest absolute Gasteiger partial charge is 0.495 e. The molecule has 0 aliphatic rings. The lowest BCUT2D eigenvalue weighted by molar-refractivity contribution is 0.403. The van der Waals surface area contributed by atoms with Crippen molar-refractivity contribution < 1.29 is 13.2 Å². The first kappa shape index (κ1) is 14.5. The Morgan fingerprint density at radius 2 is 1.95 bits per heavy atom. The molecule has 0 amide bonds. The minimum atomic E-state index is -3.85. The van der Waals surface area contributed by atoms with Crippen molar-refractivity contribution in [1.82, 2.24) is 9.97 Å². The molecule has 0 saturated heterocycles. The SMILES string of the molecule is COc1ccccc1S(=O)(=O)Nc1nc(C)cc(Cl)n1. The van der Waals surface area contributed by atoms with Gasteiger partial charge in [0, 0.05) is 5.69 Å². The van der Waals surface area contributed by atoms with E-state index in [-0.39, 0.29) is 21.7 Å². The van der Waals surface area contributed by atoms with Crippen molar-refractivity contribution in [3.63, 3.8) is 0 Å². The maximum Gasteiger partial charge on any atom is 0.267 e. The van der Waals surface area contributed by atoms with Crippen molar-refractivity contribution in [3.8, 4) is 5.75 Å². The zero-order chi connectivity index (χ0) is 14.8. The van der Waals surface area contributed by atoms with Gasteiger partial charge in [-0.3, -0.25) is 0 Å². The van der Waals surface area contributed by atoms with E-state index in [4.69, 9.17) is 16.3 Å². The summed E-state index contributed by atoms with van der Waals surface area (Å²) >= 11 is 5.77. The molecule has 0 spiro atoms. The van der Waals surface area contributed by atoms with Gasteiger partial charge in [0.15, 0.2) is 0 Å². The second-order valence-corrected chi connectivity index (χ2v) is 5.95. The van der Waals surface area contributed by atoms with E-state index < -0.39 is 10.0 Å². The van der Waals surface area contributed by atoms with Crippen LogP contribution in [0.3, 0.4) is 0 Å². The highest BCUT2D eigenvalue weighted by Gasteiger charge is 2.20. The maximum atomic E-state index is 12.3. The second kappa shape index (κ2) is 5.64. The molecule has 8 heteroatoms. The molecule has 20 heavy (non-hydrogen) atoms. The number of rotatable bonds is 4. The van der Waals surface area contributed by atoms with E-state index in [2.05, 4.69) is 14.7 Å². The van der Waals surface area contributed by atoms with Crippen LogP contribution in [0.2, 0.25) is 5.15 Å². The van der Waals surface area contributed by atoms with E-state index in [0.717, 1.165) is 0 Å². The summed E-state index contributed by atoms with van der Waals surface area (Å²) < 4.78 is 31.9. The number of nitrogens with zero attached hydrogens (tertiary/aromatic N) is 2. The van der Waals surface area contributed by atoms with Crippen molar-refractivity contribution >= 4 is 27.6 Å². The summed E-state index contributed by atoms with van der Waals surface area (Å²) in [6, 6.07) is 7.79. The number of anilines is 1. The Balaban J connectivity index is 2.41. The van der Waals surface area contributed by atoms with Crippen molar-refractivity contribution in [2.45, 2.75) is 11.8 Å².